The van der Waals surface area contributed by atoms with E-state index in [1.54, 1.807) is 25.1 Å². The van der Waals surface area contributed by atoms with Crippen molar-refractivity contribution in [2.75, 3.05) is 13.2 Å². The van der Waals surface area contributed by atoms with Crippen molar-refractivity contribution < 1.29 is 27.2 Å². The molecule has 3 atom stereocenters. The molecule has 0 amide bonds. The summed E-state index contributed by atoms with van der Waals surface area (Å²) in [6, 6.07) is 6.33. The van der Waals surface area contributed by atoms with E-state index in [0.29, 0.717) is 37.3 Å². The monoisotopic (exact) mass is 448 g/mol. The third-order valence-electron chi connectivity index (χ3n) is 6.04. The van der Waals surface area contributed by atoms with Crippen LogP contribution in [0.2, 0.25) is 0 Å². The maximum Gasteiger partial charge on any atom is 0.347 e. The van der Waals surface area contributed by atoms with Crippen LogP contribution in [-0.2, 0) is 26.0 Å². The van der Waals surface area contributed by atoms with Crippen molar-refractivity contribution in [3.63, 3.8) is 0 Å². The highest BCUT2D eigenvalue weighted by atomic mass is 32.2. The lowest BCUT2D eigenvalue weighted by molar-refractivity contribution is -0.151. The Morgan fingerprint density at radius 1 is 1.26 bits per heavy atom. The van der Waals surface area contributed by atoms with Crippen molar-refractivity contribution >= 4 is 16.0 Å². The van der Waals surface area contributed by atoms with E-state index in [0.717, 1.165) is 17.7 Å². The quantitative estimate of drug-likeness (QED) is 0.597. The Morgan fingerprint density at radius 2 is 2.06 bits per heavy atom. The second-order valence-corrected chi connectivity index (χ2v) is 9.74. The number of aryl methyl sites for hydroxylation is 1. The van der Waals surface area contributed by atoms with E-state index in [9.17, 15) is 13.2 Å². The van der Waals surface area contributed by atoms with Crippen LogP contribution in [0.15, 0.2) is 33.7 Å². The number of benzene rings is 1. The zero-order valence-corrected chi connectivity index (χ0v) is 18.9. The molecule has 31 heavy (non-hydrogen) atoms. The van der Waals surface area contributed by atoms with Crippen molar-refractivity contribution in [3.05, 3.63) is 41.3 Å². The molecule has 2 aromatic rings. The van der Waals surface area contributed by atoms with Crippen LogP contribution < -0.4 is 4.74 Å². The number of sulfonamides is 1. The molecular weight excluding hydrogens is 420 g/mol. The normalized spacial score (nSPS) is 23.5. The highest BCUT2D eigenvalue weighted by Gasteiger charge is 2.42. The number of rotatable bonds is 7. The smallest absolute Gasteiger partial charge is 0.347 e. The third kappa shape index (κ3) is 3.85. The number of fused-ring (bicyclic) bond motifs is 1. The summed E-state index contributed by atoms with van der Waals surface area (Å²) < 4.78 is 44.8. The molecule has 0 N–H and O–H groups in total. The number of esters is 1. The average Bonchev–Trinajstić information content (AvgIpc) is 3.50. The summed E-state index contributed by atoms with van der Waals surface area (Å²) in [5.41, 5.74) is 1.38. The van der Waals surface area contributed by atoms with Gasteiger partial charge in [0.05, 0.1) is 17.5 Å². The van der Waals surface area contributed by atoms with Crippen LogP contribution >= 0.6 is 0 Å². The van der Waals surface area contributed by atoms with Gasteiger partial charge in [0.2, 0.25) is 16.1 Å². The van der Waals surface area contributed by atoms with Crippen molar-refractivity contribution in [2.45, 2.75) is 69.4 Å². The van der Waals surface area contributed by atoms with Gasteiger partial charge in [-0.1, -0.05) is 19.0 Å². The van der Waals surface area contributed by atoms with Crippen LogP contribution in [0, 0.1) is 0 Å². The molecule has 2 aliphatic heterocycles. The number of carbonyl (C=O) groups is 1. The molecular formula is C22H28N2O6S. The summed E-state index contributed by atoms with van der Waals surface area (Å²) >= 11 is 0. The van der Waals surface area contributed by atoms with E-state index in [4.69, 9.17) is 14.0 Å². The molecule has 1 aromatic carbocycles. The Hall–Kier alpha value is -2.39. The zero-order chi connectivity index (χ0) is 22.2. The summed E-state index contributed by atoms with van der Waals surface area (Å²) in [4.78, 5) is 12.5. The molecule has 0 aliphatic carbocycles. The number of carbonyl (C=O) groups excluding carboxylic acids is 1. The fourth-order valence-corrected chi connectivity index (χ4v) is 6.15. The first-order chi connectivity index (χ1) is 14.9. The fourth-order valence-electron chi connectivity index (χ4n) is 4.45. The van der Waals surface area contributed by atoms with E-state index >= 15 is 0 Å². The molecule has 0 spiro atoms. The number of hydrogen-bond donors (Lipinski definition) is 0. The SMILES string of the molecule is CCOC(=O)C1Oc2ccc(S(=O)(=O)N3CCCC3c3cc(CC)on3)cc2C1CC. The minimum Gasteiger partial charge on any atom is -0.478 e. The topological polar surface area (TPSA) is 98.9 Å². The van der Waals surface area contributed by atoms with E-state index < -0.39 is 22.1 Å². The van der Waals surface area contributed by atoms with Crippen LogP contribution in [0.3, 0.4) is 0 Å². The molecule has 3 heterocycles. The summed E-state index contributed by atoms with van der Waals surface area (Å²) in [6.07, 6.45) is 2.04. The summed E-state index contributed by atoms with van der Waals surface area (Å²) in [5.74, 6) is 0.601. The second-order valence-electron chi connectivity index (χ2n) is 7.85. The molecule has 168 valence electrons. The average molecular weight is 449 g/mol. The highest BCUT2D eigenvalue weighted by molar-refractivity contribution is 7.89. The second kappa shape index (κ2) is 8.63. The Kier molecular flexibility index (Phi) is 6.07. The Balaban J connectivity index is 1.64. The number of ether oxygens (including phenoxy) is 2. The van der Waals surface area contributed by atoms with E-state index in [2.05, 4.69) is 5.16 Å². The molecule has 1 aromatic heterocycles. The molecule has 0 radical (unpaired) electrons. The molecule has 1 saturated heterocycles. The standard InChI is InChI=1S/C22H28N2O6S/c1-4-14-12-18(23-30-14)19-8-7-11-24(19)31(26,27)15-9-10-20-17(13-15)16(5-2)21(29-20)22(25)28-6-3/h9-10,12-13,16,19,21H,4-8,11H2,1-3H3. The van der Waals surface area contributed by atoms with Crippen molar-refractivity contribution in [2.24, 2.45) is 0 Å². The molecule has 2 aliphatic rings. The fraction of sp³-hybridized carbons (Fsp3) is 0.545. The molecule has 9 heteroatoms. The minimum absolute atomic E-state index is 0.198. The minimum atomic E-state index is -3.75. The highest BCUT2D eigenvalue weighted by Crippen LogP contribution is 2.43. The lowest BCUT2D eigenvalue weighted by Gasteiger charge is -2.23. The molecule has 0 saturated carbocycles. The number of aromatic nitrogens is 1. The predicted octanol–water partition coefficient (Wildman–Crippen LogP) is 3.58. The largest absolute Gasteiger partial charge is 0.478 e. The maximum atomic E-state index is 13.5. The van der Waals surface area contributed by atoms with E-state index in [-0.39, 0.29) is 23.5 Å². The van der Waals surface area contributed by atoms with Crippen LogP contribution in [0.25, 0.3) is 0 Å². The maximum absolute atomic E-state index is 13.5. The Bertz CT molecular complexity index is 1060. The van der Waals surface area contributed by atoms with Gasteiger partial charge >= 0.3 is 5.97 Å². The Morgan fingerprint density at radius 3 is 2.74 bits per heavy atom. The van der Waals surface area contributed by atoms with Gasteiger partial charge in [-0.15, -0.1) is 0 Å². The first kappa shape index (κ1) is 21.8. The van der Waals surface area contributed by atoms with E-state index in [1.165, 1.54) is 4.31 Å². The van der Waals surface area contributed by atoms with Gasteiger partial charge in [0, 0.05) is 30.5 Å². The number of nitrogens with zero attached hydrogens (tertiary/aromatic N) is 2. The van der Waals surface area contributed by atoms with Crippen molar-refractivity contribution in [1.82, 2.24) is 9.46 Å². The van der Waals surface area contributed by atoms with Crippen molar-refractivity contribution in [1.29, 1.82) is 0 Å². The first-order valence-corrected chi connectivity index (χ1v) is 12.3. The summed E-state index contributed by atoms with van der Waals surface area (Å²) in [7, 11) is -3.75. The van der Waals surface area contributed by atoms with Crippen LogP contribution in [-0.4, -0.2) is 43.1 Å². The zero-order valence-electron chi connectivity index (χ0n) is 18.0. The molecule has 1 fully saturated rings. The molecule has 4 rings (SSSR count). The van der Waals surface area contributed by atoms with Crippen LogP contribution in [0.1, 0.15) is 69.0 Å². The number of hydrogen-bond acceptors (Lipinski definition) is 7. The predicted molar refractivity (Wildman–Crippen MR) is 112 cm³/mol. The van der Waals surface area contributed by atoms with Gasteiger partial charge in [-0.25, -0.2) is 13.2 Å². The van der Waals surface area contributed by atoms with Gasteiger partial charge in [-0.3, -0.25) is 0 Å². The molecule has 0 bridgehead atoms. The summed E-state index contributed by atoms with van der Waals surface area (Å²) in [6.45, 7) is 6.36. The van der Waals surface area contributed by atoms with Gasteiger partial charge < -0.3 is 14.0 Å². The summed E-state index contributed by atoms with van der Waals surface area (Å²) in [5, 5.41) is 4.10. The molecule has 3 unspecified atom stereocenters. The lowest BCUT2D eigenvalue weighted by Crippen LogP contribution is -2.31. The van der Waals surface area contributed by atoms with Gasteiger partial charge in [0.1, 0.15) is 17.2 Å². The lowest BCUT2D eigenvalue weighted by atomic mass is 9.93. The van der Waals surface area contributed by atoms with Crippen molar-refractivity contribution in [3.8, 4) is 5.75 Å². The van der Waals surface area contributed by atoms with Crippen LogP contribution in [0.5, 0.6) is 5.75 Å². The first-order valence-electron chi connectivity index (χ1n) is 10.8. The van der Waals surface area contributed by atoms with Crippen LogP contribution in [0.4, 0.5) is 0 Å². The van der Waals surface area contributed by atoms with Gasteiger partial charge in [0.15, 0.2) is 0 Å². The van der Waals surface area contributed by atoms with Gasteiger partial charge in [-0.05, 0) is 44.4 Å². The Labute approximate surface area is 182 Å². The third-order valence-corrected chi connectivity index (χ3v) is 7.94. The van der Waals surface area contributed by atoms with Gasteiger partial charge in [0.25, 0.3) is 0 Å². The van der Waals surface area contributed by atoms with Gasteiger partial charge in [-0.2, -0.15) is 4.31 Å². The molecule has 8 nitrogen and oxygen atoms in total. The van der Waals surface area contributed by atoms with E-state index in [1.807, 2.05) is 19.9 Å².